The third kappa shape index (κ3) is 4.37. The van der Waals surface area contributed by atoms with Gasteiger partial charge in [-0.05, 0) is 61.4 Å². The number of carbonyl (C=O) groups is 2. The van der Waals surface area contributed by atoms with Gasteiger partial charge in [0.05, 0.1) is 18.5 Å². The Balaban J connectivity index is 1.50. The van der Waals surface area contributed by atoms with Gasteiger partial charge in [-0.3, -0.25) is 9.59 Å². The van der Waals surface area contributed by atoms with Crippen LogP contribution in [0.4, 0.5) is 0 Å². The average molecular weight is 488 g/mol. The number of aromatic nitrogens is 1. The smallest absolute Gasteiger partial charge is 0.271 e. The summed E-state index contributed by atoms with van der Waals surface area (Å²) in [5.74, 6) is 0.233. The molecule has 178 valence electrons. The monoisotopic (exact) mass is 487 g/mol. The number of hydrogen-bond donors (Lipinski definition) is 1. The summed E-state index contributed by atoms with van der Waals surface area (Å²) in [5, 5.41) is 3.68. The highest BCUT2D eigenvalue weighted by molar-refractivity contribution is 6.30. The predicted octanol–water partition coefficient (Wildman–Crippen LogP) is 5.44. The van der Waals surface area contributed by atoms with Gasteiger partial charge in [-0.2, -0.15) is 0 Å². The molecule has 3 heterocycles. The summed E-state index contributed by atoms with van der Waals surface area (Å²) < 4.78 is 7.48. The molecule has 0 radical (unpaired) electrons. The lowest BCUT2D eigenvalue weighted by molar-refractivity contribution is -0.133. The summed E-state index contributed by atoms with van der Waals surface area (Å²) in [4.78, 5) is 29.2. The maximum absolute atomic E-state index is 13.8. The Morgan fingerprint density at radius 2 is 1.69 bits per heavy atom. The van der Waals surface area contributed by atoms with Crippen molar-refractivity contribution in [3.63, 3.8) is 0 Å². The quantitative estimate of drug-likeness (QED) is 0.393. The van der Waals surface area contributed by atoms with Gasteiger partial charge in [0.15, 0.2) is 0 Å². The SMILES string of the molecule is Cc1ccc(CN2C(=O)c3ccc(-c4ccco4)n3C[C@]2(C)C(=O)NCc2ccc(Cl)cc2)cc1. The van der Waals surface area contributed by atoms with E-state index in [1.165, 1.54) is 0 Å². The van der Waals surface area contributed by atoms with Gasteiger partial charge in [0.25, 0.3) is 5.91 Å². The van der Waals surface area contributed by atoms with Gasteiger partial charge in [0.2, 0.25) is 5.91 Å². The largest absolute Gasteiger partial charge is 0.463 e. The molecular formula is C28H26ClN3O3. The molecule has 1 aliphatic rings. The Kier molecular flexibility index (Phi) is 5.99. The number of carbonyl (C=O) groups excluding carboxylic acids is 2. The van der Waals surface area contributed by atoms with E-state index in [0.717, 1.165) is 22.4 Å². The lowest BCUT2D eigenvalue weighted by Gasteiger charge is -2.44. The predicted molar refractivity (Wildman–Crippen MR) is 135 cm³/mol. The second kappa shape index (κ2) is 9.12. The van der Waals surface area contributed by atoms with Crippen LogP contribution in [-0.4, -0.2) is 26.8 Å². The minimum absolute atomic E-state index is 0.196. The van der Waals surface area contributed by atoms with E-state index in [9.17, 15) is 9.59 Å². The van der Waals surface area contributed by atoms with E-state index in [-0.39, 0.29) is 11.8 Å². The van der Waals surface area contributed by atoms with E-state index in [1.807, 2.05) is 73.0 Å². The summed E-state index contributed by atoms with van der Waals surface area (Å²) in [6.45, 7) is 4.81. The lowest BCUT2D eigenvalue weighted by Crippen LogP contribution is -2.63. The van der Waals surface area contributed by atoms with Crippen molar-refractivity contribution in [2.24, 2.45) is 0 Å². The molecule has 2 aromatic heterocycles. The molecule has 0 saturated heterocycles. The van der Waals surface area contributed by atoms with E-state index in [0.29, 0.717) is 36.1 Å². The molecule has 7 heteroatoms. The Labute approximate surface area is 209 Å². The van der Waals surface area contributed by atoms with Crippen LogP contribution in [0.2, 0.25) is 5.02 Å². The number of amides is 2. The number of fused-ring (bicyclic) bond motifs is 1. The van der Waals surface area contributed by atoms with Crippen LogP contribution in [0.3, 0.4) is 0 Å². The summed E-state index contributed by atoms with van der Waals surface area (Å²) >= 11 is 5.99. The van der Waals surface area contributed by atoms with Gasteiger partial charge >= 0.3 is 0 Å². The molecule has 1 aliphatic heterocycles. The number of rotatable bonds is 6. The van der Waals surface area contributed by atoms with Crippen molar-refractivity contribution in [3.05, 3.63) is 106 Å². The van der Waals surface area contributed by atoms with Crippen LogP contribution in [-0.2, 0) is 24.4 Å². The van der Waals surface area contributed by atoms with Crippen molar-refractivity contribution < 1.29 is 14.0 Å². The molecular weight excluding hydrogens is 462 g/mol. The highest BCUT2D eigenvalue weighted by Gasteiger charge is 2.47. The van der Waals surface area contributed by atoms with Crippen molar-refractivity contribution in [2.45, 2.75) is 39.0 Å². The number of nitrogens with one attached hydrogen (secondary N) is 1. The normalized spacial score (nSPS) is 17.3. The van der Waals surface area contributed by atoms with Gasteiger partial charge in [0.1, 0.15) is 17.0 Å². The molecule has 1 atom stereocenters. The summed E-state index contributed by atoms with van der Waals surface area (Å²) in [5.41, 5.74) is 3.21. The van der Waals surface area contributed by atoms with Crippen molar-refractivity contribution in [1.82, 2.24) is 14.8 Å². The molecule has 6 nitrogen and oxygen atoms in total. The molecule has 35 heavy (non-hydrogen) atoms. The highest BCUT2D eigenvalue weighted by Crippen LogP contribution is 2.34. The molecule has 0 saturated carbocycles. The second-order valence-electron chi connectivity index (χ2n) is 9.13. The highest BCUT2D eigenvalue weighted by atomic mass is 35.5. The standard InChI is InChI=1S/C28H26ClN3O3/c1-19-5-7-21(8-6-19)17-32-26(33)24-14-13-23(25-4-3-15-35-25)31(24)18-28(32,2)27(34)30-16-20-9-11-22(29)12-10-20/h3-15H,16-18H2,1-2H3,(H,30,34)/t28-/m1/s1. The number of nitrogens with zero attached hydrogens (tertiary/aromatic N) is 2. The van der Waals surface area contributed by atoms with Crippen LogP contribution in [0.1, 0.15) is 34.1 Å². The number of hydrogen-bond acceptors (Lipinski definition) is 3. The third-order valence-corrected chi connectivity index (χ3v) is 6.85. The van der Waals surface area contributed by atoms with Crippen LogP contribution in [0.25, 0.3) is 11.5 Å². The second-order valence-corrected chi connectivity index (χ2v) is 9.56. The Morgan fingerprint density at radius 3 is 2.37 bits per heavy atom. The summed E-state index contributed by atoms with van der Waals surface area (Å²) in [7, 11) is 0. The maximum atomic E-state index is 13.8. The fraction of sp³-hybridized carbons (Fsp3) is 0.214. The maximum Gasteiger partial charge on any atom is 0.271 e. The molecule has 1 N–H and O–H groups in total. The van der Waals surface area contributed by atoms with E-state index in [2.05, 4.69) is 5.32 Å². The van der Waals surface area contributed by atoms with Gasteiger partial charge < -0.3 is 19.2 Å². The molecule has 2 aromatic carbocycles. The molecule has 2 amide bonds. The van der Waals surface area contributed by atoms with Gasteiger partial charge in [-0.25, -0.2) is 0 Å². The number of benzene rings is 2. The van der Waals surface area contributed by atoms with Crippen LogP contribution in [0.5, 0.6) is 0 Å². The van der Waals surface area contributed by atoms with Crippen LogP contribution < -0.4 is 5.32 Å². The minimum atomic E-state index is -1.12. The first-order valence-electron chi connectivity index (χ1n) is 11.5. The molecule has 4 aromatic rings. The van der Waals surface area contributed by atoms with Crippen LogP contribution in [0.15, 0.2) is 83.5 Å². The van der Waals surface area contributed by atoms with Crippen molar-refractivity contribution in [2.75, 3.05) is 0 Å². The first-order valence-corrected chi connectivity index (χ1v) is 11.9. The first-order chi connectivity index (χ1) is 16.8. The van der Waals surface area contributed by atoms with Gasteiger partial charge in [-0.15, -0.1) is 0 Å². The van der Waals surface area contributed by atoms with E-state index >= 15 is 0 Å². The zero-order chi connectivity index (χ0) is 24.6. The molecule has 0 bridgehead atoms. The molecule has 0 unspecified atom stereocenters. The fourth-order valence-electron chi connectivity index (χ4n) is 4.51. The lowest BCUT2D eigenvalue weighted by atomic mass is 9.93. The topological polar surface area (TPSA) is 67.5 Å². The van der Waals surface area contributed by atoms with E-state index < -0.39 is 5.54 Å². The van der Waals surface area contributed by atoms with Crippen LogP contribution >= 0.6 is 11.6 Å². The molecule has 0 aliphatic carbocycles. The zero-order valence-corrected chi connectivity index (χ0v) is 20.4. The van der Waals surface area contributed by atoms with E-state index in [4.69, 9.17) is 16.0 Å². The number of furan rings is 1. The molecule has 0 fully saturated rings. The average Bonchev–Trinajstić information content (AvgIpc) is 3.52. The molecule has 5 rings (SSSR count). The molecule has 0 spiro atoms. The van der Waals surface area contributed by atoms with Crippen molar-refractivity contribution in [3.8, 4) is 11.5 Å². The van der Waals surface area contributed by atoms with Crippen molar-refractivity contribution >= 4 is 23.4 Å². The van der Waals surface area contributed by atoms with Gasteiger partial charge in [0, 0.05) is 18.1 Å². The number of halogens is 1. The Hall–Kier alpha value is -3.77. The minimum Gasteiger partial charge on any atom is -0.463 e. The summed E-state index contributed by atoms with van der Waals surface area (Å²) in [6, 6.07) is 22.7. The number of aryl methyl sites for hydroxylation is 1. The first kappa shape index (κ1) is 23.0. The summed E-state index contributed by atoms with van der Waals surface area (Å²) in [6.07, 6.45) is 1.60. The Morgan fingerprint density at radius 1 is 1.00 bits per heavy atom. The fourth-order valence-corrected chi connectivity index (χ4v) is 4.64. The van der Waals surface area contributed by atoms with Crippen LogP contribution in [0, 0.1) is 6.92 Å². The Bertz CT molecular complexity index is 1360. The van der Waals surface area contributed by atoms with E-state index in [1.54, 1.807) is 29.4 Å². The van der Waals surface area contributed by atoms with Crippen molar-refractivity contribution in [1.29, 1.82) is 0 Å². The van der Waals surface area contributed by atoms with Gasteiger partial charge in [-0.1, -0.05) is 53.6 Å². The third-order valence-electron chi connectivity index (χ3n) is 6.60. The zero-order valence-electron chi connectivity index (χ0n) is 19.6.